The number of aromatic nitrogens is 2. The maximum atomic E-state index is 11.6. The first kappa shape index (κ1) is 14.3. The van der Waals surface area contributed by atoms with Crippen LogP contribution in [-0.4, -0.2) is 20.6 Å². The highest BCUT2D eigenvalue weighted by atomic mass is 16.4. The Balaban J connectivity index is 1.89. The summed E-state index contributed by atoms with van der Waals surface area (Å²) in [6.07, 6.45) is 3.53. The third-order valence-corrected chi connectivity index (χ3v) is 3.77. The van der Waals surface area contributed by atoms with Crippen LogP contribution in [0.25, 0.3) is 10.9 Å². The minimum absolute atomic E-state index is 0.333. The largest absolute Gasteiger partial charge is 0.477 e. The van der Waals surface area contributed by atoms with Crippen molar-refractivity contribution in [1.29, 1.82) is 0 Å². The number of nitrogens with one attached hydrogen (secondary N) is 1. The van der Waals surface area contributed by atoms with E-state index in [2.05, 4.69) is 10.3 Å². The van der Waals surface area contributed by atoms with E-state index < -0.39 is 5.97 Å². The summed E-state index contributed by atoms with van der Waals surface area (Å²) in [6, 6.07) is 11.6. The zero-order valence-electron chi connectivity index (χ0n) is 12.3. The summed E-state index contributed by atoms with van der Waals surface area (Å²) in [6.45, 7) is 1.15. The molecule has 0 atom stereocenters. The van der Waals surface area contributed by atoms with Gasteiger partial charge in [-0.2, -0.15) is 0 Å². The predicted molar refractivity (Wildman–Crippen MR) is 84.7 cm³/mol. The normalized spacial score (nSPS) is 11.0. The summed E-state index contributed by atoms with van der Waals surface area (Å²) in [5.74, 6) is -0.906. The molecule has 1 aromatic carbocycles. The number of carboxylic acids is 1. The molecule has 0 aliphatic rings. The van der Waals surface area contributed by atoms with Crippen molar-refractivity contribution in [3.8, 4) is 0 Å². The van der Waals surface area contributed by atoms with E-state index in [0.717, 1.165) is 22.0 Å². The number of rotatable bonds is 5. The van der Waals surface area contributed by atoms with Gasteiger partial charge in [0.2, 0.25) is 0 Å². The molecule has 3 rings (SSSR count). The van der Waals surface area contributed by atoms with Crippen LogP contribution in [0, 0.1) is 0 Å². The van der Waals surface area contributed by atoms with Crippen LogP contribution in [0.3, 0.4) is 0 Å². The van der Waals surface area contributed by atoms with Crippen molar-refractivity contribution < 1.29 is 9.90 Å². The summed E-state index contributed by atoms with van der Waals surface area (Å²) < 4.78 is 1.73. The molecule has 0 radical (unpaired) electrons. The van der Waals surface area contributed by atoms with Gasteiger partial charge in [-0.15, -0.1) is 0 Å². The Labute approximate surface area is 128 Å². The van der Waals surface area contributed by atoms with Crippen molar-refractivity contribution in [2.24, 2.45) is 7.05 Å². The van der Waals surface area contributed by atoms with Gasteiger partial charge >= 0.3 is 5.97 Å². The fourth-order valence-electron chi connectivity index (χ4n) is 2.76. The van der Waals surface area contributed by atoms with Gasteiger partial charge < -0.3 is 15.0 Å². The second kappa shape index (κ2) is 5.99. The monoisotopic (exact) mass is 295 g/mol. The number of benzene rings is 1. The highest BCUT2D eigenvalue weighted by Crippen LogP contribution is 2.25. The Morgan fingerprint density at radius 2 is 2.05 bits per heavy atom. The van der Waals surface area contributed by atoms with Crippen LogP contribution in [0.1, 0.15) is 21.6 Å². The topological polar surface area (TPSA) is 67.2 Å². The van der Waals surface area contributed by atoms with Gasteiger partial charge in [-0.25, -0.2) is 4.79 Å². The lowest BCUT2D eigenvalue weighted by atomic mass is 10.1. The summed E-state index contributed by atoms with van der Waals surface area (Å²) in [5.41, 5.74) is 3.15. The first-order valence-corrected chi connectivity index (χ1v) is 7.07. The number of fused-ring (bicyclic) bond motifs is 1. The number of aryl methyl sites for hydroxylation is 1. The molecule has 0 saturated heterocycles. The molecular weight excluding hydrogens is 278 g/mol. The quantitative estimate of drug-likeness (QED) is 0.759. The molecule has 0 unspecified atom stereocenters. The molecule has 3 aromatic rings. The highest BCUT2D eigenvalue weighted by Gasteiger charge is 2.19. The Hall–Kier alpha value is -2.66. The van der Waals surface area contributed by atoms with Crippen LogP contribution in [0.15, 0.2) is 48.8 Å². The highest BCUT2D eigenvalue weighted by molar-refractivity contribution is 5.98. The summed E-state index contributed by atoms with van der Waals surface area (Å²) >= 11 is 0. The number of carboxylic acid groups (broad SMARTS) is 1. The lowest BCUT2D eigenvalue weighted by Crippen LogP contribution is -2.16. The Morgan fingerprint density at radius 1 is 1.23 bits per heavy atom. The van der Waals surface area contributed by atoms with Crippen LogP contribution < -0.4 is 5.32 Å². The molecule has 0 fully saturated rings. The first-order valence-electron chi connectivity index (χ1n) is 7.07. The van der Waals surface area contributed by atoms with Crippen molar-refractivity contribution in [3.05, 3.63) is 65.6 Å². The van der Waals surface area contributed by atoms with Gasteiger partial charge in [-0.3, -0.25) is 4.98 Å². The van der Waals surface area contributed by atoms with Gasteiger partial charge in [0, 0.05) is 49.0 Å². The van der Waals surface area contributed by atoms with Gasteiger partial charge in [0.15, 0.2) is 0 Å². The lowest BCUT2D eigenvalue weighted by molar-refractivity contribution is 0.0685. The molecule has 22 heavy (non-hydrogen) atoms. The van der Waals surface area contributed by atoms with Crippen LogP contribution in [0.5, 0.6) is 0 Å². The molecule has 2 N–H and O–H groups in total. The van der Waals surface area contributed by atoms with E-state index in [1.54, 1.807) is 24.0 Å². The van der Waals surface area contributed by atoms with E-state index in [1.165, 1.54) is 0 Å². The minimum atomic E-state index is -0.906. The molecule has 0 aliphatic carbocycles. The number of carbonyl (C=O) groups is 1. The summed E-state index contributed by atoms with van der Waals surface area (Å²) in [5, 5.41) is 13.8. The zero-order valence-corrected chi connectivity index (χ0v) is 12.3. The van der Waals surface area contributed by atoms with Gasteiger partial charge in [0.25, 0.3) is 0 Å². The van der Waals surface area contributed by atoms with Crippen LogP contribution in [0.4, 0.5) is 0 Å². The van der Waals surface area contributed by atoms with Crippen molar-refractivity contribution in [2.75, 3.05) is 0 Å². The van der Waals surface area contributed by atoms with Crippen LogP contribution >= 0.6 is 0 Å². The third kappa shape index (κ3) is 2.58. The Bertz CT molecular complexity index is 809. The molecule has 0 spiro atoms. The van der Waals surface area contributed by atoms with Crippen molar-refractivity contribution in [2.45, 2.75) is 13.1 Å². The van der Waals surface area contributed by atoms with Gasteiger partial charge in [0.05, 0.1) is 0 Å². The molecule has 5 heteroatoms. The molecule has 0 saturated carbocycles. The number of hydrogen-bond donors (Lipinski definition) is 2. The fourth-order valence-corrected chi connectivity index (χ4v) is 2.76. The molecular formula is C17H17N3O2. The number of hydrogen-bond acceptors (Lipinski definition) is 3. The third-order valence-electron chi connectivity index (χ3n) is 3.77. The van der Waals surface area contributed by atoms with Crippen molar-refractivity contribution >= 4 is 16.9 Å². The van der Waals surface area contributed by atoms with Gasteiger partial charge in [0.1, 0.15) is 5.69 Å². The zero-order chi connectivity index (χ0) is 15.5. The van der Waals surface area contributed by atoms with Crippen LogP contribution in [0.2, 0.25) is 0 Å². The maximum Gasteiger partial charge on any atom is 0.352 e. The minimum Gasteiger partial charge on any atom is -0.477 e. The average Bonchev–Trinajstić information content (AvgIpc) is 2.82. The summed E-state index contributed by atoms with van der Waals surface area (Å²) in [7, 11) is 1.79. The summed E-state index contributed by atoms with van der Waals surface area (Å²) in [4.78, 5) is 15.7. The number of aromatic carboxylic acids is 1. The fraction of sp³-hybridized carbons (Fsp3) is 0.176. The first-order chi connectivity index (χ1) is 10.7. The molecule has 2 aromatic heterocycles. The van der Waals surface area contributed by atoms with E-state index >= 15 is 0 Å². The molecule has 112 valence electrons. The number of nitrogens with zero attached hydrogens (tertiary/aromatic N) is 2. The predicted octanol–water partition coefficient (Wildman–Crippen LogP) is 2.56. The molecule has 5 nitrogen and oxygen atoms in total. The molecule has 2 heterocycles. The van der Waals surface area contributed by atoms with Gasteiger partial charge in [-0.1, -0.05) is 24.3 Å². The van der Waals surface area contributed by atoms with Crippen molar-refractivity contribution in [1.82, 2.24) is 14.9 Å². The smallest absolute Gasteiger partial charge is 0.352 e. The Kier molecular flexibility index (Phi) is 3.89. The van der Waals surface area contributed by atoms with E-state index in [4.69, 9.17) is 0 Å². The standard InChI is InChI=1S/C17H17N3O2/c1-20-15-7-3-2-6-13(15)14(16(20)17(21)22)11-19-10-12-5-4-8-18-9-12/h2-9,19H,10-11H2,1H3,(H,21,22). The lowest BCUT2D eigenvalue weighted by Gasteiger charge is -2.06. The second-order valence-electron chi connectivity index (χ2n) is 5.17. The van der Waals surface area contributed by atoms with E-state index in [0.29, 0.717) is 18.8 Å². The van der Waals surface area contributed by atoms with E-state index in [-0.39, 0.29) is 0 Å². The maximum absolute atomic E-state index is 11.6. The number of para-hydroxylation sites is 1. The molecule has 0 amide bonds. The SMILES string of the molecule is Cn1c(C(=O)O)c(CNCc2cccnc2)c2ccccc21. The molecule has 0 aliphatic heterocycles. The second-order valence-corrected chi connectivity index (χ2v) is 5.17. The number of pyridine rings is 1. The van der Waals surface area contributed by atoms with E-state index in [1.807, 2.05) is 36.4 Å². The Morgan fingerprint density at radius 3 is 2.77 bits per heavy atom. The average molecular weight is 295 g/mol. The van der Waals surface area contributed by atoms with Crippen LogP contribution in [-0.2, 0) is 20.1 Å². The van der Waals surface area contributed by atoms with Gasteiger partial charge in [-0.05, 0) is 17.7 Å². The molecule has 0 bridgehead atoms. The van der Waals surface area contributed by atoms with E-state index in [9.17, 15) is 9.90 Å². The van der Waals surface area contributed by atoms with Crippen molar-refractivity contribution in [3.63, 3.8) is 0 Å².